The third-order valence-corrected chi connectivity index (χ3v) is 3.30. The summed E-state index contributed by atoms with van der Waals surface area (Å²) in [5.41, 5.74) is 11.1. The van der Waals surface area contributed by atoms with Crippen LogP contribution in [0.4, 0.5) is 0 Å². The highest BCUT2D eigenvalue weighted by molar-refractivity contribution is 4.69. The van der Waals surface area contributed by atoms with Crippen LogP contribution in [0, 0.1) is 0 Å². The fourth-order valence-corrected chi connectivity index (χ4v) is 2.18. The summed E-state index contributed by atoms with van der Waals surface area (Å²) in [6.45, 7) is 10.8. The van der Waals surface area contributed by atoms with Crippen LogP contribution in [-0.4, -0.2) is 75.2 Å². The maximum absolute atomic E-state index is 5.57. The summed E-state index contributed by atoms with van der Waals surface area (Å²) in [7, 11) is 0. The van der Waals surface area contributed by atoms with Gasteiger partial charge >= 0.3 is 0 Å². The van der Waals surface area contributed by atoms with Crippen molar-refractivity contribution >= 4 is 0 Å². The van der Waals surface area contributed by atoms with Crippen molar-refractivity contribution in [3.8, 4) is 0 Å². The Morgan fingerprint density at radius 1 is 0.941 bits per heavy atom. The number of nitrogens with two attached hydrogens (primary N) is 2. The van der Waals surface area contributed by atoms with E-state index in [1.807, 2.05) is 0 Å². The first-order valence-corrected chi connectivity index (χ1v) is 6.92. The maximum Gasteiger partial charge on any atom is 0.0110 e. The molecule has 0 atom stereocenters. The van der Waals surface area contributed by atoms with Gasteiger partial charge in [-0.1, -0.05) is 0 Å². The summed E-state index contributed by atoms with van der Waals surface area (Å²) in [5.74, 6) is 0. The minimum atomic E-state index is 0.784. The van der Waals surface area contributed by atoms with Crippen LogP contribution in [0.15, 0.2) is 0 Å². The van der Waals surface area contributed by atoms with Gasteiger partial charge in [-0.2, -0.15) is 0 Å². The van der Waals surface area contributed by atoms with E-state index in [1.165, 1.54) is 19.6 Å². The molecule has 5 heteroatoms. The highest BCUT2D eigenvalue weighted by Crippen LogP contribution is 1.97. The Morgan fingerprint density at radius 3 is 2.06 bits per heavy atom. The average Bonchev–Trinajstić information content (AvgIpc) is 2.39. The summed E-state index contributed by atoms with van der Waals surface area (Å²) >= 11 is 0. The van der Waals surface area contributed by atoms with Gasteiger partial charge in [-0.15, -0.1) is 0 Å². The molecule has 102 valence electrons. The van der Waals surface area contributed by atoms with Gasteiger partial charge in [0.15, 0.2) is 0 Å². The third kappa shape index (κ3) is 6.95. The molecular weight excluding hydrogens is 214 g/mol. The molecule has 0 saturated carbocycles. The maximum atomic E-state index is 5.57. The molecule has 0 unspecified atom stereocenters. The van der Waals surface area contributed by atoms with Crippen LogP contribution in [0.3, 0.4) is 0 Å². The summed E-state index contributed by atoms with van der Waals surface area (Å²) < 4.78 is 0. The molecule has 0 radical (unpaired) electrons. The lowest BCUT2D eigenvalue weighted by Crippen LogP contribution is -2.46. The standard InChI is InChI=1S/C12H29N5/c13-3-1-7-16(8-2-4-14)11-12-17-9-5-15-6-10-17/h15H,1-14H2. The van der Waals surface area contributed by atoms with E-state index < -0.39 is 0 Å². The number of rotatable bonds is 9. The lowest BCUT2D eigenvalue weighted by atomic mass is 10.3. The summed E-state index contributed by atoms with van der Waals surface area (Å²) in [4.78, 5) is 5.04. The van der Waals surface area contributed by atoms with Gasteiger partial charge in [0.25, 0.3) is 0 Å². The number of nitrogens with one attached hydrogen (secondary N) is 1. The van der Waals surface area contributed by atoms with E-state index in [0.29, 0.717) is 0 Å². The third-order valence-electron chi connectivity index (χ3n) is 3.30. The molecule has 1 aliphatic heterocycles. The topological polar surface area (TPSA) is 70.5 Å². The van der Waals surface area contributed by atoms with Gasteiger partial charge in [0, 0.05) is 39.3 Å². The lowest BCUT2D eigenvalue weighted by molar-refractivity contribution is 0.187. The predicted octanol–water partition coefficient (Wildman–Crippen LogP) is -1.11. The van der Waals surface area contributed by atoms with Gasteiger partial charge in [0.05, 0.1) is 0 Å². The second-order valence-corrected chi connectivity index (χ2v) is 4.72. The van der Waals surface area contributed by atoms with E-state index in [4.69, 9.17) is 11.5 Å². The van der Waals surface area contributed by atoms with Crippen molar-refractivity contribution in [1.29, 1.82) is 0 Å². The van der Waals surface area contributed by atoms with Crippen LogP contribution in [0.1, 0.15) is 12.8 Å². The predicted molar refractivity (Wildman–Crippen MR) is 73.1 cm³/mol. The highest BCUT2D eigenvalue weighted by atomic mass is 15.2. The zero-order chi connectivity index (χ0) is 12.3. The molecule has 1 aliphatic rings. The van der Waals surface area contributed by atoms with Crippen molar-refractivity contribution < 1.29 is 0 Å². The van der Waals surface area contributed by atoms with Crippen molar-refractivity contribution in [1.82, 2.24) is 15.1 Å². The van der Waals surface area contributed by atoms with Crippen molar-refractivity contribution in [2.24, 2.45) is 11.5 Å². The summed E-state index contributed by atoms with van der Waals surface area (Å²) in [5, 5.41) is 3.38. The van der Waals surface area contributed by atoms with Gasteiger partial charge in [-0.25, -0.2) is 0 Å². The second-order valence-electron chi connectivity index (χ2n) is 4.72. The van der Waals surface area contributed by atoms with Crippen molar-refractivity contribution in [2.75, 3.05) is 65.4 Å². The van der Waals surface area contributed by atoms with Crippen LogP contribution in [0.2, 0.25) is 0 Å². The quantitative estimate of drug-likeness (QED) is 0.479. The summed E-state index contributed by atoms with van der Waals surface area (Å²) in [6.07, 6.45) is 2.18. The Bertz CT molecular complexity index is 162. The van der Waals surface area contributed by atoms with Gasteiger partial charge < -0.3 is 21.7 Å². The van der Waals surface area contributed by atoms with E-state index in [9.17, 15) is 0 Å². The Labute approximate surface area is 105 Å². The molecule has 0 aromatic rings. The van der Waals surface area contributed by atoms with Crippen molar-refractivity contribution in [3.63, 3.8) is 0 Å². The molecule has 5 nitrogen and oxygen atoms in total. The molecule has 0 aliphatic carbocycles. The van der Waals surface area contributed by atoms with Crippen LogP contribution >= 0.6 is 0 Å². The normalized spacial score (nSPS) is 17.8. The Balaban J connectivity index is 2.16. The van der Waals surface area contributed by atoms with E-state index in [-0.39, 0.29) is 0 Å². The number of piperazine rings is 1. The molecule has 17 heavy (non-hydrogen) atoms. The van der Waals surface area contributed by atoms with Gasteiger partial charge in [-0.3, -0.25) is 4.90 Å². The minimum absolute atomic E-state index is 0.784. The van der Waals surface area contributed by atoms with Crippen LogP contribution in [-0.2, 0) is 0 Å². The molecule has 0 spiro atoms. The monoisotopic (exact) mass is 243 g/mol. The van der Waals surface area contributed by atoms with E-state index in [0.717, 1.165) is 58.7 Å². The van der Waals surface area contributed by atoms with Crippen LogP contribution in [0.25, 0.3) is 0 Å². The molecule has 0 bridgehead atoms. The molecule has 0 aromatic heterocycles. The summed E-state index contributed by atoms with van der Waals surface area (Å²) in [6, 6.07) is 0. The van der Waals surface area contributed by atoms with Gasteiger partial charge in [0.1, 0.15) is 0 Å². The first kappa shape index (κ1) is 14.9. The fourth-order valence-electron chi connectivity index (χ4n) is 2.18. The first-order valence-electron chi connectivity index (χ1n) is 6.92. The smallest absolute Gasteiger partial charge is 0.0110 e. The van der Waals surface area contributed by atoms with Crippen molar-refractivity contribution in [3.05, 3.63) is 0 Å². The fraction of sp³-hybridized carbons (Fsp3) is 1.00. The van der Waals surface area contributed by atoms with Gasteiger partial charge in [0.2, 0.25) is 0 Å². The SMILES string of the molecule is NCCCN(CCCN)CCN1CCNCC1. The second kappa shape index (κ2) is 9.79. The molecule has 0 amide bonds. The molecule has 1 heterocycles. The molecule has 1 fully saturated rings. The Kier molecular flexibility index (Phi) is 8.56. The number of hydrogen-bond acceptors (Lipinski definition) is 5. The zero-order valence-electron chi connectivity index (χ0n) is 11.0. The average molecular weight is 243 g/mol. The molecule has 1 saturated heterocycles. The van der Waals surface area contributed by atoms with E-state index in [2.05, 4.69) is 15.1 Å². The largest absolute Gasteiger partial charge is 0.330 e. The van der Waals surface area contributed by atoms with Gasteiger partial charge in [-0.05, 0) is 39.0 Å². The molecular formula is C12H29N5. The molecule has 5 N–H and O–H groups in total. The zero-order valence-corrected chi connectivity index (χ0v) is 11.0. The van der Waals surface area contributed by atoms with E-state index in [1.54, 1.807) is 0 Å². The number of nitrogens with zero attached hydrogens (tertiary/aromatic N) is 2. The van der Waals surface area contributed by atoms with Crippen LogP contribution in [0.5, 0.6) is 0 Å². The lowest BCUT2D eigenvalue weighted by Gasteiger charge is -2.30. The van der Waals surface area contributed by atoms with Crippen LogP contribution < -0.4 is 16.8 Å². The van der Waals surface area contributed by atoms with Crippen molar-refractivity contribution in [2.45, 2.75) is 12.8 Å². The van der Waals surface area contributed by atoms with E-state index >= 15 is 0 Å². The minimum Gasteiger partial charge on any atom is -0.330 e. The number of hydrogen-bond donors (Lipinski definition) is 3. The Hall–Kier alpha value is -0.200. The molecule has 0 aromatic carbocycles. The highest BCUT2D eigenvalue weighted by Gasteiger charge is 2.11. The first-order chi connectivity index (χ1) is 8.36. The molecule has 1 rings (SSSR count). The Morgan fingerprint density at radius 2 is 1.53 bits per heavy atom.